The highest BCUT2D eigenvalue weighted by Crippen LogP contribution is 2.25. The van der Waals surface area contributed by atoms with Crippen LogP contribution in [-0.4, -0.2) is 30.9 Å². The van der Waals surface area contributed by atoms with Crippen LogP contribution in [-0.2, 0) is 23.0 Å². The molecule has 0 spiro atoms. The highest BCUT2D eigenvalue weighted by atomic mass is 79.9. The Hall–Kier alpha value is -1.70. The molecule has 1 heterocycles. The Morgan fingerprint density at radius 3 is 2.68 bits per heavy atom. The van der Waals surface area contributed by atoms with E-state index in [-0.39, 0.29) is 11.7 Å². The fourth-order valence-electron chi connectivity index (χ4n) is 2.87. The van der Waals surface area contributed by atoms with E-state index in [2.05, 4.69) is 21.2 Å². The largest absolute Gasteiger partial charge is 0.322 e. The molecule has 0 atom stereocenters. The van der Waals surface area contributed by atoms with Gasteiger partial charge in [0.1, 0.15) is 0 Å². The van der Waals surface area contributed by atoms with Crippen molar-refractivity contribution in [2.75, 3.05) is 17.6 Å². The van der Waals surface area contributed by atoms with Crippen LogP contribution in [0.25, 0.3) is 0 Å². The van der Waals surface area contributed by atoms with Crippen molar-refractivity contribution in [2.45, 2.75) is 19.9 Å². The Labute approximate surface area is 156 Å². The number of fused-ring (bicyclic) bond motifs is 1. The van der Waals surface area contributed by atoms with Crippen LogP contribution < -0.4 is 5.32 Å². The van der Waals surface area contributed by atoms with Crippen molar-refractivity contribution < 1.29 is 13.2 Å². The number of amides is 1. The van der Waals surface area contributed by atoms with Crippen molar-refractivity contribution in [2.24, 2.45) is 0 Å². The number of nitrogens with one attached hydrogen (secondary N) is 1. The molecule has 7 heteroatoms. The lowest BCUT2D eigenvalue weighted by Gasteiger charge is -2.28. The molecular weight excluding hydrogens is 404 g/mol. The summed E-state index contributed by atoms with van der Waals surface area (Å²) < 4.78 is 26.4. The lowest BCUT2D eigenvalue weighted by Crippen LogP contribution is -2.36. The van der Waals surface area contributed by atoms with Gasteiger partial charge in [-0.05, 0) is 64.7 Å². The number of sulfonamides is 1. The quantitative estimate of drug-likeness (QED) is 0.820. The Morgan fingerprint density at radius 1 is 1.20 bits per heavy atom. The fourth-order valence-corrected chi connectivity index (χ4v) is 4.41. The molecule has 0 aliphatic carbocycles. The van der Waals surface area contributed by atoms with E-state index < -0.39 is 10.0 Å². The first-order chi connectivity index (χ1) is 11.9. The van der Waals surface area contributed by atoms with Gasteiger partial charge in [0.05, 0.1) is 11.3 Å². The van der Waals surface area contributed by atoms with Gasteiger partial charge < -0.3 is 5.32 Å². The standard InChI is InChI=1S/C18H19BrN2O3S/c1-2-25(23,24)21-10-9-13-7-8-15(11-14(13)12-21)20-18(22)16-5-3-4-6-17(16)19/h3-8,11H,2,9-10,12H2,1H3,(H,20,22). The molecule has 2 aromatic rings. The Morgan fingerprint density at radius 2 is 1.96 bits per heavy atom. The molecule has 0 unspecified atom stereocenters. The summed E-state index contributed by atoms with van der Waals surface area (Å²) in [6.45, 7) is 2.51. The zero-order valence-electron chi connectivity index (χ0n) is 13.8. The second-order valence-electron chi connectivity index (χ2n) is 5.90. The molecule has 0 saturated carbocycles. The normalized spacial score (nSPS) is 14.8. The molecule has 1 aliphatic heterocycles. The smallest absolute Gasteiger partial charge is 0.256 e. The second kappa shape index (κ2) is 7.27. The summed E-state index contributed by atoms with van der Waals surface area (Å²) in [6.07, 6.45) is 0.688. The van der Waals surface area contributed by atoms with Crippen molar-refractivity contribution in [3.63, 3.8) is 0 Å². The number of anilines is 1. The van der Waals surface area contributed by atoms with Crippen LogP contribution >= 0.6 is 15.9 Å². The van der Waals surface area contributed by atoms with Crippen molar-refractivity contribution in [3.05, 3.63) is 63.6 Å². The van der Waals surface area contributed by atoms with Crippen LogP contribution in [0.1, 0.15) is 28.4 Å². The van der Waals surface area contributed by atoms with E-state index in [0.717, 1.165) is 15.6 Å². The van der Waals surface area contributed by atoms with E-state index in [4.69, 9.17) is 0 Å². The van der Waals surface area contributed by atoms with Gasteiger partial charge in [0, 0.05) is 23.2 Å². The summed E-state index contributed by atoms with van der Waals surface area (Å²) in [5.74, 6) is -0.109. The number of hydrogen-bond donors (Lipinski definition) is 1. The van der Waals surface area contributed by atoms with Crippen molar-refractivity contribution >= 4 is 37.5 Å². The highest BCUT2D eigenvalue weighted by molar-refractivity contribution is 9.10. The Balaban J connectivity index is 1.81. The van der Waals surface area contributed by atoms with E-state index >= 15 is 0 Å². The molecule has 1 N–H and O–H groups in total. The third-order valence-electron chi connectivity index (χ3n) is 4.32. The van der Waals surface area contributed by atoms with Gasteiger partial charge in [0.25, 0.3) is 5.91 Å². The average Bonchev–Trinajstić information content (AvgIpc) is 2.61. The SMILES string of the molecule is CCS(=O)(=O)N1CCc2ccc(NC(=O)c3ccccc3Br)cc2C1. The van der Waals surface area contributed by atoms with Crippen molar-refractivity contribution in [3.8, 4) is 0 Å². The van der Waals surface area contributed by atoms with E-state index in [1.807, 2.05) is 30.3 Å². The lowest BCUT2D eigenvalue weighted by molar-refractivity contribution is 0.102. The van der Waals surface area contributed by atoms with Gasteiger partial charge in [-0.3, -0.25) is 4.79 Å². The molecule has 0 aromatic heterocycles. The molecule has 132 valence electrons. The summed E-state index contributed by atoms with van der Waals surface area (Å²) >= 11 is 3.37. The molecular formula is C18H19BrN2O3S. The maximum Gasteiger partial charge on any atom is 0.256 e. The summed E-state index contributed by atoms with van der Waals surface area (Å²) in [5, 5.41) is 2.88. The van der Waals surface area contributed by atoms with Crippen molar-refractivity contribution in [1.82, 2.24) is 4.31 Å². The molecule has 5 nitrogen and oxygen atoms in total. The molecule has 0 radical (unpaired) electrons. The number of rotatable bonds is 4. The minimum absolute atomic E-state index is 0.0980. The predicted octanol–water partition coefficient (Wildman–Crippen LogP) is 3.41. The van der Waals surface area contributed by atoms with E-state index in [0.29, 0.717) is 30.8 Å². The molecule has 0 fully saturated rings. The van der Waals surface area contributed by atoms with Crippen LogP contribution in [0, 0.1) is 0 Å². The topological polar surface area (TPSA) is 66.5 Å². The first kappa shape index (κ1) is 18.1. The first-order valence-electron chi connectivity index (χ1n) is 8.06. The minimum atomic E-state index is -3.21. The Bertz CT molecular complexity index is 912. The number of halogens is 1. The summed E-state index contributed by atoms with van der Waals surface area (Å²) in [5.41, 5.74) is 3.28. The van der Waals surface area contributed by atoms with Crippen LogP contribution in [0.3, 0.4) is 0 Å². The van der Waals surface area contributed by atoms with Gasteiger partial charge in [-0.15, -0.1) is 0 Å². The van der Waals surface area contributed by atoms with E-state index in [9.17, 15) is 13.2 Å². The molecule has 0 bridgehead atoms. The van der Waals surface area contributed by atoms with Crippen LogP contribution in [0.2, 0.25) is 0 Å². The average molecular weight is 423 g/mol. The number of benzene rings is 2. The van der Waals surface area contributed by atoms with Crippen LogP contribution in [0.15, 0.2) is 46.9 Å². The van der Waals surface area contributed by atoms with E-state index in [1.54, 1.807) is 19.1 Å². The maximum atomic E-state index is 12.4. The second-order valence-corrected chi connectivity index (χ2v) is 9.01. The number of carbonyl (C=O) groups excluding carboxylic acids is 1. The third-order valence-corrected chi connectivity index (χ3v) is 6.84. The minimum Gasteiger partial charge on any atom is -0.322 e. The van der Waals surface area contributed by atoms with Gasteiger partial charge in [-0.2, -0.15) is 4.31 Å². The zero-order valence-corrected chi connectivity index (χ0v) is 16.2. The van der Waals surface area contributed by atoms with Gasteiger partial charge in [-0.25, -0.2) is 8.42 Å². The maximum absolute atomic E-state index is 12.4. The highest BCUT2D eigenvalue weighted by Gasteiger charge is 2.25. The lowest BCUT2D eigenvalue weighted by atomic mass is 10.0. The molecule has 25 heavy (non-hydrogen) atoms. The number of nitrogens with zero attached hydrogens (tertiary/aromatic N) is 1. The zero-order chi connectivity index (χ0) is 18.0. The van der Waals surface area contributed by atoms with Crippen molar-refractivity contribution in [1.29, 1.82) is 0 Å². The van der Waals surface area contributed by atoms with Gasteiger partial charge in [0.2, 0.25) is 10.0 Å². The summed E-state index contributed by atoms with van der Waals surface area (Å²) in [6, 6.07) is 12.9. The van der Waals surface area contributed by atoms with Gasteiger partial charge >= 0.3 is 0 Å². The first-order valence-corrected chi connectivity index (χ1v) is 10.5. The van der Waals surface area contributed by atoms with E-state index in [1.165, 1.54) is 4.31 Å². The monoisotopic (exact) mass is 422 g/mol. The summed E-state index contributed by atoms with van der Waals surface area (Å²) in [7, 11) is -3.21. The molecule has 3 rings (SSSR count). The van der Waals surface area contributed by atoms with Gasteiger partial charge in [0.15, 0.2) is 0 Å². The van der Waals surface area contributed by atoms with Crippen LogP contribution in [0.5, 0.6) is 0 Å². The predicted molar refractivity (Wildman–Crippen MR) is 102 cm³/mol. The number of hydrogen-bond acceptors (Lipinski definition) is 3. The molecule has 0 saturated heterocycles. The summed E-state index contributed by atoms with van der Waals surface area (Å²) in [4.78, 5) is 12.4. The number of carbonyl (C=O) groups is 1. The van der Waals surface area contributed by atoms with Crippen LogP contribution in [0.4, 0.5) is 5.69 Å². The Kier molecular flexibility index (Phi) is 5.27. The molecule has 1 aliphatic rings. The fraction of sp³-hybridized carbons (Fsp3) is 0.278. The molecule has 1 amide bonds. The van der Waals surface area contributed by atoms with Gasteiger partial charge in [-0.1, -0.05) is 18.2 Å². The molecule has 2 aromatic carbocycles. The third kappa shape index (κ3) is 3.94.